The summed E-state index contributed by atoms with van der Waals surface area (Å²) in [6.45, 7) is 10.4. The van der Waals surface area contributed by atoms with Gasteiger partial charge in [-0.1, -0.05) is 5.21 Å². The van der Waals surface area contributed by atoms with Crippen LogP contribution in [0, 0.1) is 33.6 Å². The van der Waals surface area contributed by atoms with Crippen LogP contribution in [-0.2, 0) is 0 Å². The Morgan fingerprint density at radius 3 is 2.52 bits per heavy atom. The average Bonchev–Trinajstić information content (AvgIpc) is 3.27. The Morgan fingerprint density at radius 2 is 1.81 bits per heavy atom. The van der Waals surface area contributed by atoms with Gasteiger partial charge in [0.25, 0.3) is 5.91 Å². The number of rotatable bonds is 3. The highest BCUT2D eigenvalue weighted by atomic mass is 16.2. The van der Waals surface area contributed by atoms with Crippen LogP contribution in [0.25, 0.3) is 5.82 Å². The summed E-state index contributed by atoms with van der Waals surface area (Å²) in [5.74, 6) is 1.78. The molecule has 5 heterocycles. The predicted octanol–water partition coefficient (Wildman–Crippen LogP) is 2.04. The first kappa shape index (κ1) is 19.6. The van der Waals surface area contributed by atoms with Gasteiger partial charge in [0.2, 0.25) is 5.95 Å². The lowest BCUT2D eigenvalue weighted by atomic mass is 9.82. The van der Waals surface area contributed by atoms with Crippen molar-refractivity contribution in [2.24, 2.45) is 5.92 Å². The first-order valence-corrected chi connectivity index (χ1v) is 10.6. The van der Waals surface area contributed by atoms with Crippen molar-refractivity contribution in [1.29, 1.82) is 0 Å². The zero-order chi connectivity index (χ0) is 21.7. The monoisotopic (exact) mass is 418 g/mol. The summed E-state index contributed by atoms with van der Waals surface area (Å²) < 4.78 is 1.55. The zero-order valence-corrected chi connectivity index (χ0v) is 18.3. The lowest BCUT2D eigenvalue weighted by Crippen LogP contribution is -2.66. The number of anilines is 1. The molecule has 0 N–H and O–H groups in total. The number of aromatic nitrogens is 6. The van der Waals surface area contributed by atoms with Crippen molar-refractivity contribution < 1.29 is 4.79 Å². The molecule has 2 atom stereocenters. The van der Waals surface area contributed by atoms with E-state index in [-0.39, 0.29) is 11.9 Å². The minimum absolute atomic E-state index is 0.0155. The van der Waals surface area contributed by atoms with E-state index in [9.17, 15) is 4.79 Å². The molecule has 2 fully saturated rings. The molecular formula is C22H26N8O. The summed E-state index contributed by atoms with van der Waals surface area (Å²) in [6, 6.07) is 3.85. The molecular weight excluding hydrogens is 392 g/mol. The Kier molecular flexibility index (Phi) is 4.68. The molecule has 0 aromatic carbocycles. The Bertz CT molecular complexity index is 1120. The lowest BCUT2D eigenvalue weighted by Gasteiger charge is -2.53. The number of carbonyl (C=O) groups excluding carboxylic acids is 1. The third kappa shape index (κ3) is 3.34. The second kappa shape index (κ2) is 7.40. The van der Waals surface area contributed by atoms with Crippen LogP contribution in [0.4, 0.5) is 5.95 Å². The molecule has 2 saturated heterocycles. The van der Waals surface area contributed by atoms with Gasteiger partial charge in [0.1, 0.15) is 0 Å². The fourth-order valence-corrected chi connectivity index (χ4v) is 4.47. The Hall–Kier alpha value is -3.36. The first-order chi connectivity index (χ1) is 14.9. The molecule has 0 aliphatic carbocycles. The summed E-state index contributed by atoms with van der Waals surface area (Å²) >= 11 is 0. The largest absolute Gasteiger partial charge is 0.339 e. The maximum Gasteiger partial charge on any atom is 0.258 e. The summed E-state index contributed by atoms with van der Waals surface area (Å²) in [5, 5.41) is 7.90. The number of aryl methyl sites for hydroxylation is 3. The third-order valence-corrected chi connectivity index (χ3v) is 6.60. The number of amides is 1. The van der Waals surface area contributed by atoms with Gasteiger partial charge in [-0.25, -0.2) is 19.6 Å². The van der Waals surface area contributed by atoms with Crippen LogP contribution >= 0.6 is 0 Å². The average molecular weight is 419 g/mol. The van der Waals surface area contributed by atoms with Crippen molar-refractivity contribution in [3.8, 4) is 5.82 Å². The number of carbonyl (C=O) groups is 1. The number of piperidine rings is 1. The topological polar surface area (TPSA) is 92.9 Å². The molecule has 9 heteroatoms. The van der Waals surface area contributed by atoms with Gasteiger partial charge in [0.05, 0.1) is 24.0 Å². The summed E-state index contributed by atoms with van der Waals surface area (Å²) in [4.78, 5) is 31.6. The van der Waals surface area contributed by atoms with Crippen LogP contribution in [0.5, 0.6) is 0 Å². The van der Waals surface area contributed by atoms with E-state index in [4.69, 9.17) is 9.97 Å². The maximum atomic E-state index is 13.5. The van der Waals surface area contributed by atoms with Gasteiger partial charge < -0.3 is 9.80 Å². The smallest absolute Gasteiger partial charge is 0.258 e. The third-order valence-electron chi connectivity index (χ3n) is 6.60. The summed E-state index contributed by atoms with van der Waals surface area (Å²) in [5.41, 5.74) is 4.52. The van der Waals surface area contributed by atoms with E-state index in [1.165, 1.54) is 0 Å². The minimum atomic E-state index is -0.0155. The standard InChI is InChI=1S/C22H26N8O/c1-13-5-6-18(20(24-13)30-10-8-23-27-30)21(31)29-11-17-7-9-28(12-19(17)29)22-25-15(3)14(2)16(4)26-22/h5-6,8,10,17,19H,7,9,11-12H2,1-4H3. The molecule has 3 aromatic rings. The normalized spacial score (nSPS) is 20.4. The number of hydrogen-bond donors (Lipinski definition) is 0. The molecule has 9 nitrogen and oxygen atoms in total. The van der Waals surface area contributed by atoms with Gasteiger partial charge >= 0.3 is 0 Å². The first-order valence-electron chi connectivity index (χ1n) is 10.6. The van der Waals surface area contributed by atoms with Crippen molar-refractivity contribution in [3.05, 3.63) is 52.7 Å². The van der Waals surface area contributed by atoms with E-state index in [1.807, 2.05) is 37.8 Å². The Morgan fingerprint density at radius 1 is 1.03 bits per heavy atom. The van der Waals surface area contributed by atoms with Crippen LogP contribution in [0.3, 0.4) is 0 Å². The Labute approximate surface area is 181 Å². The Balaban J connectivity index is 1.40. The van der Waals surface area contributed by atoms with E-state index in [1.54, 1.807) is 17.1 Å². The van der Waals surface area contributed by atoms with E-state index < -0.39 is 0 Å². The van der Waals surface area contributed by atoms with Crippen molar-refractivity contribution in [2.75, 3.05) is 24.5 Å². The van der Waals surface area contributed by atoms with Gasteiger partial charge in [-0.2, -0.15) is 0 Å². The molecule has 2 aliphatic heterocycles. The van der Waals surface area contributed by atoms with Crippen LogP contribution in [0.2, 0.25) is 0 Å². The molecule has 0 saturated carbocycles. The molecule has 0 spiro atoms. The van der Waals surface area contributed by atoms with E-state index in [0.29, 0.717) is 17.3 Å². The quantitative estimate of drug-likeness (QED) is 0.642. The predicted molar refractivity (Wildman–Crippen MR) is 115 cm³/mol. The van der Waals surface area contributed by atoms with E-state index in [0.717, 1.165) is 54.6 Å². The number of fused-ring (bicyclic) bond motifs is 1. The molecule has 0 bridgehead atoms. The van der Waals surface area contributed by atoms with E-state index >= 15 is 0 Å². The SMILES string of the molecule is Cc1ccc(C(=O)N2CC3CCN(c4nc(C)c(C)c(C)n4)CC32)c(-n2ccnn2)n1. The maximum absolute atomic E-state index is 13.5. The van der Waals surface area contributed by atoms with Gasteiger partial charge in [-0.05, 0) is 51.8 Å². The van der Waals surface area contributed by atoms with Crippen LogP contribution in [0.1, 0.15) is 39.4 Å². The lowest BCUT2D eigenvalue weighted by molar-refractivity contribution is 0.00763. The molecule has 160 valence electrons. The highest BCUT2D eigenvalue weighted by molar-refractivity contribution is 5.98. The van der Waals surface area contributed by atoms with Gasteiger partial charge in [0.15, 0.2) is 5.82 Å². The molecule has 5 rings (SSSR count). The van der Waals surface area contributed by atoms with Crippen molar-refractivity contribution in [3.63, 3.8) is 0 Å². The highest BCUT2D eigenvalue weighted by Gasteiger charge is 2.46. The molecule has 1 amide bonds. The summed E-state index contributed by atoms with van der Waals surface area (Å²) in [7, 11) is 0. The van der Waals surface area contributed by atoms with Gasteiger partial charge in [-0.3, -0.25) is 4.79 Å². The molecule has 2 aliphatic rings. The highest BCUT2D eigenvalue weighted by Crippen LogP contribution is 2.35. The van der Waals surface area contributed by atoms with Crippen molar-refractivity contribution in [2.45, 2.75) is 40.2 Å². The number of likely N-dealkylation sites (tertiary alicyclic amines) is 1. The van der Waals surface area contributed by atoms with Crippen LogP contribution in [0.15, 0.2) is 24.5 Å². The van der Waals surface area contributed by atoms with Crippen molar-refractivity contribution >= 4 is 11.9 Å². The van der Waals surface area contributed by atoms with Crippen molar-refractivity contribution in [1.82, 2.24) is 34.8 Å². The molecule has 3 aromatic heterocycles. The van der Waals surface area contributed by atoms with Gasteiger partial charge in [0, 0.05) is 42.6 Å². The fraction of sp³-hybridized carbons (Fsp3) is 0.455. The van der Waals surface area contributed by atoms with E-state index in [2.05, 4.69) is 27.1 Å². The second-order valence-electron chi connectivity index (χ2n) is 8.51. The molecule has 31 heavy (non-hydrogen) atoms. The number of pyridine rings is 1. The minimum Gasteiger partial charge on any atom is -0.339 e. The molecule has 0 radical (unpaired) electrons. The fourth-order valence-electron chi connectivity index (χ4n) is 4.47. The number of hydrogen-bond acceptors (Lipinski definition) is 7. The second-order valence-corrected chi connectivity index (χ2v) is 8.51. The summed E-state index contributed by atoms with van der Waals surface area (Å²) in [6.07, 6.45) is 4.33. The zero-order valence-electron chi connectivity index (χ0n) is 18.3. The van der Waals surface area contributed by atoms with Gasteiger partial charge in [-0.15, -0.1) is 5.10 Å². The van der Waals surface area contributed by atoms with Crippen LogP contribution in [-0.4, -0.2) is 66.4 Å². The number of nitrogens with zero attached hydrogens (tertiary/aromatic N) is 8. The molecule has 2 unspecified atom stereocenters. The van der Waals surface area contributed by atoms with Crippen LogP contribution < -0.4 is 4.90 Å².